The fourth-order valence-corrected chi connectivity index (χ4v) is 4.25. The Kier molecular flexibility index (Phi) is 2.72. The number of anilines is 1. The molecule has 0 spiro atoms. The number of amides is 3. The molecule has 21 heavy (non-hydrogen) atoms. The minimum absolute atomic E-state index is 0.170. The van der Waals surface area contributed by atoms with Crippen molar-refractivity contribution in [3.8, 4) is 0 Å². The number of hydrogen-bond acceptors (Lipinski definition) is 5. The molecule has 4 atom stereocenters. The lowest BCUT2D eigenvalue weighted by atomic mass is 9.85. The zero-order valence-electron chi connectivity index (χ0n) is 11.1. The summed E-state index contributed by atoms with van der Waals surface area (Å²) in [5.41, 5.74) is 0. The molecule has 2 bridgehead atoms. The molecule has 1 aromatic rings. The van der Waals surface area contributed by atoms with E-state index in [1.165, 1.54) is 11.3 Å². The lowest BCUT2D eigenvalue weighted by Crippen LogP contribution is -2.39. The van der Waals surface area contributed by atoms with Crippen molar-refractivity contribution in [3.05, 3.63) is 23.7 Å². The van der Waals surface area contributed by atoms with Gasteiger partial charge in [0.2, 0.25) is 17.7 Å². The van der Waals surface area contributed by atoms with Crippen LogP contribution in [0.25, 0.3) is 0 Å². The summed E-state index contributed by atoms with van der Waals surface area (Å²) in [6.45, 7) is -0.219. The molecule has 4 rings (SSSR count). The Labute approximate surface area is 124 Å². The molecule has 1 aliphatic heterocycles. The minimum Gasteiger partial charge on any atom is -0.300 e. The average molecular weight is 303 g/mol. The number of fused-ring (bicyclic) bond motifs is 5. The van der Waals surface area contributed by atoms with Crippen LogP contribution in [0.5, 0.6) is 0 Å². The lowest BCUT2D eigenvalue weighted by molar-refractivity contribution is -0.143. The maximum absolute atomic E-state index is 12.4. The number of carbonyl (C=O) groups is 3. The summed E-state index contributed by atoms with van der Waals surface area (Å²) in [6.07, 6.45) is 6.55. The highest BCUT2D eigenvalue weighted by atomic mass is 32.1. The van der Waals surface area contributed by atoms with E-state index < -0.39 is 0 Å². The Hall–Kier alpha value is -2.02. The largest absolute Gasteiger partial charge is 0.300 e. The highest BCUT2D eigenvalue weighted by Crippen LogP contribution is 2.52. The van der Waals surface area contributed by atoms with E-state index >= 15 is 0 Å². The molecule has 0 aromatic carbocycles. The van der Waals surface area contributed by atoms with E-state index in [0.717, 1.165) is 11.3 Å². The second-order valence-corrected chi connectivity index (χ2v) is 6.54. The first-order valence-electron chi connectivity index (χ1n) is 6.88. The van der Waals surface area contributed by atoms with Gasteiger partial charge in [0.05, 0.1) is 11.8 Å². The minimum atomic E-state index is -0.382. The first-order chi connectivity index (χ1) is 10.1. The standard InChI is InChI=1S/C14H13N3O3S/c18-9(16-14-15-3-4-21-14)6-17-12(19)10-7-1-2-8(5-7)11(10)13(17)20/h1-4,7-8,10-11H,5-6H2,(H,15,16,18)/t7-,8-,10+,11+/m0/s1. The Morgan fingerprint density at radius 3 is 2.52 bits per heavy atom. The molecule has 1 saturated heterocycles. The number of nitrogens with one attached hydrogen (secondary N) is 1. The Morgan fingerprint density at radius 1 is 1.29 bits per heavy atom. The molecule has 3 aliphatic rings. The fourth-order valence-electron chi connectivity index (χ4n) is 3.71. The second-order valence-electron chi connectivity index (χ2n) is 5.65. The fraction of sp³-hybridized carbons (Fsp3) is 0.429. The molecule has 2 fully saturated rings. The third-order valence-electron chi connectivity index (χ3n) is 4.54. The first kappa shape index (κ1) is 12.7. The summed E-state index contributed by atoms with van der Waals surface area (Å²) in [6, 6.07) is 0. The van der Waals surface area contributed by atoms with Gasteiger partial charge in [0.1, 0.15) is 6.54 Å². The van der Waals surface area contributed by atoms with Crippen LogP contribution >= 0.6 is 11.3 Å². The lowest BCUT2D eigenvalue weighted by Gasteiger charge is -2.16. The molecule has 108 valence electrons. The quantitative estimate of drug-likeness (QED) is 0.664. The van der Waals surface area contributed by atoms with Gasteiger partial charge in [-0.15, -0.1) is 11.3 Å². The number of rotatable bonds is 3. The van der Waals surface area contributed by atoms with Crippen LogP contribution in [0.3, 0.4) is 0 Å². The van der Waals surface area contributed by atoms with Crippen molar-refractivity contribution in [2.45, 2.75) is 6.42 Å². The number of hydrogen-bond donors (Lipinski definition) is 1. The summed E-state index contributed by atoms with van der Waals surface area (Å²) in [5, 5.41) is 4.82. The monoisotopic (exact) mass is 303 g/mol. The molecule has 2 aliphatic carbocycles. The van der Waals surface area contributed by atoms with Crippen LogP contribution in [-0.4, -0.2) is 34.2 Å². The van der Waals surface area contributed by atoms with E-state index in [9.17, 15) is 14.4 Å². The van der Waals surface area contributed by atoms with E-state index in [2.05, 4.69) is 10.3 Å². The van der Waals surface area contributed by atoms with Gasteiger partial charge in [-0.1, -0.05) is 12.2 Å². The van der Waals surface area contributed by atoms with Crippen molar-refractivity contribution in [2.75, 3.05) is 11.9 Å². The Morgan fingerprint density at radius 2 is 1.95 bits per heavy atom. The predicted octanol–water partition coefficient (Wildman–Crippen LogP) is 0.889. The molecule has 1 N–H and O–H groups in total. The van der Waals surface area contributed by atoms with E-state index in [0.29, 0.717) is 5.13 Å². The second kappa shape index (κ2) is 4.49. The van der Waals surface area contributed by atoms with Gasteiger partial charge in [0, 0.05) is 11.6 Å². The molecule has 0 unspecified atom stereocenters. The van der Waals surface area contributed by atoms with Gasteiger partial charge in [-0.3, -0.25) is 19.3 Å². The smallest absolute Gasteiger partial charge is 0.246 e. The number of nitrogens with zero attached hydrogens (tertiary/aromatic N) is 2. The van der Waals surface area contributed by atoms with E-state index in [1.54, 1.807) is 11.6 Å². The number of thiazole rings is 1. The van der Waals surface area contributed by atoms with Gasteiger partial charge in [-0.25, -0.2) is 4.98 Å². The Bertz CT molecular complexity index is 624. The summed E-state index contributed by atoms with van der Waals surface area (Å²) >= 11 is 1.30. The molecule has 2 heterocycles. The van der Waals surface area contributed by atoms with Gasteiger partial charge >= 0.3 is 0 Å². The van der Waals surface area contributed by atoms with Crippen LogP contribution in [0.4, 0.5) is 5.13 Å². The molecular formula is C14H13N3O3S. The SMILES string of the molecule is O=C(CN1C(=O)[C@H]2[C@H](C1=O)[C@H]1C=C[C@H]2C1)Nc1nccs1. The maximum atomic E-state index is 12.4. The summed E-state index contributed by atoms with van der Waals surface area (Å²) in [5.74, 6) is -0.938. The number of imide groups is 1. The predicted molar refractivity (Wildman–Crippen MR) is 75.2 cm³/mol. The van der Waals surface area contributed by atoms with Crippen LogP contribution in [0.2, 0.25) is 0 Å². The van der Waals surface area contributed by atoms with Crippen molar-refractivity contribution in [1.29, 1.82) is 0 Å². The van der Waals surface area contributed by atoms with Crippen LogP contribution in [-0.2, 0) is 14.4 Å². The van der Waals surface area contributed by atoms with Gasteiger partial charge in [-0.05, 0) is 18.3 Å². The van der Waals surface area contributed by atoms with Gasteiger partial charge in [0.15, 0.2) is 5.13 Å². The van der Waals surface area contributed by atoms with Crippen LogP contribution in [0, 0.1) is 23.7 Å². The molecule has 7 heteroatoms. The zero-order chi connectivity index (χ0) is 14.6. The topological polar surface area (TPSA) is 79.4 Å². The van der Waals surface area contributed by atoms with Gasteiger partial charge in [0.25, 0.3) is 0 Å². The summed E-state index contributed by atoms with van der Waals surface area (Å²) in [7, 11) is 0. The number of likely N-dealkylation sites (tertiary alicyclic amines) is 1. The molecule has 6 nitrogen and oxygen atoms in total. The third kappa shape index (κ3) is 1.84. The Balaban J connectivity index is 1.48. The summed E-state index contributed by atoms with van der Waals surface area (Å²) < 4.78 is 0. The highest BCUT2D eigenvalue weighted by molar-refractivity contribution is 7.13. The van der Waals surface area contributed by atoms with Crippen LogP contribution in [0.15, 0.2) is 23.7 Å². The van der Waals surface area contributed by atoms with Gasteiger partial charge < -0.3 is 5.32 Å². The van der Waals surface area contributed by atoms with Crippen molar-refractivity contribution in [1.82, 2.24) is 9.88 Å². The van der Waals surface area contributed by atoms with E-state index in [1.807, 2.05) is 12.2 Å². The van der Waals surface area contributed by atoms with Crippen LogP contribution in [0.1, 0.15) is 6.42 Å². The average Bonchev–Trinajstić information content (AvgIpc) is 3.20. The number of carbonyl (C=O) groups excluding carboxylic acids is 3. The highest BCUT2D eigenvalue weighted by Gasteiger charge is 2.59. The molecule has 1 aromatic heterocycles. The van der Waals surface area contributed by atoms with Crippen molar-refractivity contribution in [2.24, 2.45) is 23.7 Å². The molecule has 0 radical (unpaired) electrons. The molecule has 1 saturated carbocycles. The van der Waals surface area contributed by atoms with Crippen molar-refractivity contribution in [3.63, 3.8) is 0 Å². The zero-order valence-corrected chi connectivity index (χ0v) is 11.9. The molecular weight excluding hydrogens is 290 g/mol. The maximum Gasteiger partial charge on any atom is 0.246 e. The van der Waals surface area contributed by atoms with Crippen molar-refractivity contribution >= 4 is 34.2 Å². The van der Waals surface area contributed by atoms with E-state index in [4.69, 9.17) is 0 Å². The third-order valence-corrected chi connectivity index (χ3v) is 5.23. The first-order valence-corrected chi connectivity index (χ1v) is 7.76. The van der Waals surface area contributed by atoms with Gasteiger partial charge in [-0.2, -0.15) is 0 Å². The van der Waals surface area contributed by atoms with Crippen molar-refractivity contribution < 1.29 is 14.4 Å². The van der Waals surface area contributed by atoms with E-state index in [-0.39, 0.29) is 47.9 Å². The normalized spacial score (nSPS) is 32.9. The van der Waals surface area contributed by atoms with Crippen LogP contribution < -0.4 is 5.32 Å². The number of aromatic nitrogens is 1. The summed E-state index contributed by atoms with van der Waals surface area (Å²) in [4.78, 5) is 41.8. The number of allylic oxidation sites excluding steroid dienone is 2. The molecule has 3 amide bonds.